The predicted molar refractivity (Wildman–Crippen MR) is 83.4 cm³/mol. The van der Waals surface area contributed by atoms with Gasteiger partial charge in [-0.1, -0.05) is 37.3 Å². The van der Waals surface area contributed by atoms with Gasteiger partial charge >= 0.3 is 0 Å². The van der Waals surface area contributed by atoms with Gasteiger partial charge in [-0.25, -0.2) is 9.97 Å². The van der Waals surface area contributed by atoms with Crippen LogP contribution in [0.4, 0.5) is 0 Å². The third-order valence-corrected chi connectivity index (χ3v) is 5.11. The monoisotopic (exact) mass is 310 g/mol. The van der Waals surface area contributed by atoms with Crippen molar-refractivity contribution in [2.45, 2.75) is 51.0 Å². The van der Waals surface area contributed by atoms with Crippen LogP contribution in [-0.2, 0) is 10.3 Å². The lowest BCUT2D eigenvalue weighted by atomic mass is 9.93. The second kappa shape index (κ2) is 5.96. The van der Waals surface area contributed by atoms with Crippen molar-refractivity contribution in [2.24, 2.45) is 0 Å². The minimum Gasteiger partial charge on any atom is -0.367 e. The zero-order chi connectivity index (χ0) is 14.0. The molecule has 1 fully saturated rings. The maximum absolute atomic E-state index is 6.33. The summed E-state index contributed by atoms with van der Waals surface area (Å²) in [5.41, 5.74) is -0.340. The topological polar surface area (TPSA) is 35.0 Å². The highest BCUT2D eigenvalue weighted by molar-refractivity contribution is 7.16. The summed E-state index contributed by atoms with van der Waals surface area (Å²) in [5, 5.41) is 3.50. The first kappa shape index (κ1) is 14.2. The van der Waals surface area contributed by atoms with Crippen molar-refractivity contribution in [1.29, 1.82) is 0 Å². The second-order valence-electron chi connectivity index (χ2n) is 5.32. The Kier molecular flexibility index (Phi) is 4.24. The van der Waals surface area contributed by atoms with Gasteiger partial charge in [0.05, 0.1) is 0 Å². The standard InChI is InChI=1S/C15H19ClN2OS/c1-2-19-15(8-5-3-4-6-9-15)14-17-12(16)11-7-10-20-13(11)18-14/h7,10H,2-6,8-9H2,1H3. The van der Waals surface area contributed by atoms with E-state index in [1.165, 1.54) is 25.7 Å². The van der Waals surface area contributed by atoms with E-state index in [4.69, 9.17) is 21.3 Å². The molecule has 2 aromatic rings. The van der Waals surface area contributed by atoms with E-state index in [-0.39, 0.29) is 5.60 Å². The average Bonchev–Trinajstić information content (AvgIpc) is 2.79. The van der Waals surface area contributed by atoms with Gasteiger partial charge in [-0.3, -0.25) is 0 Å². The zero-order valence-electron chi connectivity index (χ0n) is 11.7. The second-order valence-corrected chi connectivity index (χ2v) is 6.57. The van der Waals surface area contributed by atoms with Crippen LogP contribution in [0.2, 0.25) is 5.15 Å². The number of aromatic nitrogens is 2. The van der Waals surface area contributed by atoms with E-state index in [0.717, 1.165) is 28.9 Å². The predicted octanol–water partition coefficient (Wildman–Crippen LogP) is 4.93. The van der Waals surface area contributed by atoms with Gasteiger partial charge in [-0.05, 0) is 31.2 Å². The lowest BCUT2D eigenvalue weighted by Gasteiger charge is -2.31. The highest BCUT2D eigenvalue weighted by Crippen LogP contribution is 2.39. The molecule has 0 aliphatic heterocycles. The van der Waals surface area contributed by atoms with E-state index >= 15 is 0 Å². The molecule has 0 unspecified atom stereocenters. The highest BCUT2D eigenvalue weighted by atomic mass is 35.5. The number of nitrogens with zero attached hydrogens (tertiary/aromatic N) is 2. The van der Waals surface area contributed by atoms with Crippen molar-refractivity contribution < 1.29 is 4.74 Å². The van der Waals surface area contributed by atoms with E-state index in [1.54, 1.807) is 11.3 Å². The molecule has 2 heterocycles. The smallest absolute Gasteiger partial charge is 0.163 e. The van der Waals surface area contributed by atoms with Crippen LogP contribution >= 0.6 is 22.9 Å². The van der Waals surface area contributed by atoms with Crippen LogP contribution in [0, 0.1) is 0 Å². The van der Waals surface area contributed by atoms with Crippen molar-refractivity contribution in [3.8, 4) is 0 Å². The molecule has 5 heteroatoms. The van der Waals surface area contributed by atoms with Crippen LogP contribution < -0.4 is 0 Å². The largest absolute Gasteiger partial charge is 0.367 e. The van der Waals surface area contributed by atoms with Gasteiger partial charge in [0.15, 0.2) is 5.82 Å². The Hall–Kier alpha value is -0.710. The Morgan fingerprint density at radius 3 is 2.70 bits per heavy atom. The molecule has 0 amide bonds. The average molecular weight is 311 g/mol. The maximum Gasteiger partial charge on any atom is 0.163 e. The molecule has 1 saturated carbocycles. The molecule has 0 spiro atoms. The molecule has 0 atom stereocenters. The van der Waals surface area contributed by atoms with Crippen molar-refractivity contribution in [3.63, 3.8) is 0 Å². The van der Waals surface area contributed by atoms with Gasteiger partial charge in [0, 0.05) is 12.0 Å². The summed E-state index contributed by atoms with van der Waals surface area (Å²) in [5.74, 6) is 0.779. The van der Waals surface area contributed by atoms with Crippen molar-refractivity contribution in [3.05, 3.63) is 22.4 Å². The molecule has 108 valence electrons. The third kappa shape index (κ3) is 2.57. The zero-order valence-corrected chi connectivity index (χ0v) is 13.3. The van der Waals surface area contributed by atoms with Crippen LogP contribution in [0.3, 0.4) is 0 Å². The van der Waals surface area contributed by atoms with Crippen LogP contribution in [0.15, 0.2) is 11.4 Å². The molecule has 0 saturated heterocycles. The molecule has 2 aromatic heterocycles. The molecule has 0 radical (unpaired) electrons. The van der Waals surface area contributed by atoms with E-state index in [1.807, 2.05) is 18.4 Å². The van der Waals surface area contributed by atoms with E-state index in [0.29, 0.717) is 11.8 Å². The van der Waals surface area contributed by atoms with E-state index in [9.17, 15) is 0 Å². The summed E-state index contributed by atoms with van der Waals surface area (Å²) in [6.07, 6.45) is 6.86. The Morgan fingerprint density at radius 1 is 1.25 bits per heavy atom. The first-order valence-corrected chi connectivity index (χ1v) is 8.56. The molecule has 20 heavy (non-hydrogen) atoms. The SMILES string of the molecule is CCOC1(c2nc(Cl)c3ccsc3n2)CCCCCC1. The highest BCUT2D eigenvalue weighted by Gasteiger charge is 2.37. The molecule has 0 aromatic carbocycles. The summed E-state index contributed by atoms with van der Waals surface area (Å²) in [6.45, 7) is 2.72. The van der Waals surface area contributed by atoms with Gasteiger partial charge in [-0.15, -0.1) is 11.3 Å². The Bertz CT molecular complexity index is 591. The number of halogens is 1. The van der Waals surface area contributed by atoms with E-state index in [2.05, 4.69) is 4.98 Å². The molecule has 0 bridgehead atoms. The van der Waals surface area contributed by atoms with Gasteiger partial charge < -0.3 is 4.74 Å². The number of hydrogen-bond donors (Lipinski definition) is 0. The lowest BCUT2D eigenvalue weighted by Crippen LogP contribution is -2.31. The molecule has 0 N–H and O–H groups in total. The van der Waals surface area contributed by atoms with Crippen LogP contribution in [0.1, 0.15) is 51.3 Å². The number of thiophene rings is 1. The van der Waals surface area contributed by atoms with Crippen molar-refractivity contribution >= 4 is 33.2 Å². The van der Waals surface area contributed by atoms with Crippen LogP contribution in [0.5, 0.6) is 0 Å². The van der Waals surface area contributed by atoms with Crippen LogP contribution in [0.25, 0.3) is 10.2 Å². The molecule has 1 aliphatic rings. The summed E-state index contributed by atoms with van der Waals surface area (Å²) in [6, 6.07) is 1.98. The minimum atomic E-state index is -0.340. The van der Waals surface area contributed by atoms with Crippen molar-refractivity contribution in [1.82, 2.24) is 9.97 Å². The summed E-state index contributed by atoms with van der Waals surface area (Å²) in [7, 11) is 0. The molecular formula is C15H19ClN2OS. The number of ether oxygens (including phenoxy) is 1. The fourth-order valence-electron chi connectivity index (χ4n) is 3.03. The van der Waals surface area contributed by atoms with Crippen LogP contribution in [-0.4, -0.2) is 16.6 Å². The quantitative estimate of drug-likeness (QED) is 0.595. The molecule has 3 nitrogen and oxygen atoms in total. The number of fused-ring (bicyclic) bond motifs is 1. The van der Waals surface area contributed by atoms with Gasteiger partial charge in [0.2, 0.25) is 0 Å². The summed E-state index contributed by atoms with van der Waals surface area (Å²) in [4.78, 5) is 10.3. The first-order valence-electron chi connectivity index (χ1n) is 7.30. The fourth-order valence-corrected chi connectivity index (χ4v) is 4.08. The van der Waals surface area contributed by atoms with E-state index < -0.39 is 0 Å². The molecular weight excluding hydrogens is 292 g/mol. The number of rotatable bonds is 3. The van der Waals surface area contributed by atoms with Gasteiger partial charge in [-0.2, -0.15) is 0 Å². The first-order chi connectivity index (χ1) is 9.75. The van der Waals surface area contributed by atoms with Gasteiger partial charge in [0.25, 0.3) is 0 Å². The number of hydrogen-bond acceptors (Lipinski definition) is 4. The summed E-state index contributed by atoms with van der Waals surface area (Å²) >= 11 is 7.94. The van der Waals surface area contributed by atoms with Crippen molar-refractivity contribution in [2.75, 3.05) is 6.61 Å². The summed E-state index contributed by atoms with van der Waals surface area (Å²) < 4.78 is 6.14. The Morgan fingerprint density at radius 2 is 2.00 bits per heavy atom. The molecule has 3 rings (SSSR count). The maximum atomic E-state index is 6.33. The Labute approximate surface area is 128 Å². The Balaban J connectivity index is 2.07. The third-order valence-electron chi connectivity index (χ3n) is 4.02. The normalized spacial score (nSPS) is 19.1. The molecule has 1 aliphatic carbocycles. The van der Waals surface area contributed by atoms with Gasteiger partial charge in [0.1, 0.15) is 15.6 Å². The minimum absolute atomic E-state index is 0.340. The fraction of sp³-hybridized carbons (Fsp3) is 0.600. The lowest BCUT2D eigenvalue weighted by molar-refractivity contribution is -0.0621.